The number of nitrogens with one attached hydrogen (secondary N) is 2. The number of urea groups is 1. The zero-order chi connectivity index (χ0) is 24.2. The number of carbonyl (C=O) groups is 1. The van der Waals surface area contributed by atoms with Crippen LogP contribution in [0, 0.1) is 5.82 Å². The Morgan fingerprint density at radius 3 is 2.45 bits per heavy atom. The van der Waals surface area contributed by atoms with Crippen LogP contribution in [0.25, 0.3) is 0 Å². The van der Waals surface area contributed by atoms with Crippen LogP contribution in [0.4, 0.5) is 9.18 Å². The number of carbonyl (C=O) groups excluding carboxylic acids is 1. The zero-order valence-corrected chi connectivity index (χ0v) is 20.5. The largest absolute Gasteiger partial charge is 0.493 e. The molecule has 180 valence electrons. The van der Waals surface area contributed by atoms with Gasteiger partial charge in [-0.25, -0.2) is 9.18 Å². The van der Waals surface area contributed by atoms with E-state index in [1.807, 2.05) is 45.0 Å². The highest BCUT2D eigenvalue weighted by Gasteiger charge is 2.35. The average Bonchev–Trinajstić information content (AvgIpc) is 2.77. The maximum Gasteiger partial charge on any atom is 0.315 e. The molecular weight excluding hydrogens is 421 g/mol. The van der Waals surface area contributed by atoms with Crippen LogP contribution in [0.3, 0.4) is 0 Å². The Labute approximate surface area is 196 Å². The van der Waals surface area contributed by atoms with Crippen LogP contribution < -0.4 is 20.1 Å². The van der Waals surface area contributed by atoms with E-state index in [9.17, 15) is 9.18 Å². The van der Waals surface area contributed by atoms with Gasteiger partial charge >= 0.3 is 6.03 Å². The van der Waals surface area contributed by atoms with Crippen LogP contribution in [-0.2, 0) is 13.0 Å². The van der Waals surface area contributed by atoms with Crippen molar-refractivity contribution in [3.63, 3.8) is 0 Å². The molecule has 2 amide bonds. The molecule has 0 saturated carbocycles. The molecule has 0 unspecified atom stereocenters. The fraction of sp³-hybridized carbons (Fsp3) is 0.500. The van der Waals surface area contributed by atoms with Gasteiger partial charge in [-0.3, -0.25) is 4.90 Å². The fourth-order valence-electron chi connectivity index (χ4n) is 4.47. The fourth-order valence-corrected chi connectivity index (χ4v) is 4.47. The minimum Gasteiger partial charge on any atom is -0.493 e. The van der Waals surface area contributed by atoms with Gasteiger partial charge in [-0.15, -0.1) is 0 Å². The Kier molecular flexibility index (Phi) is 7.84. The molecule has 1 aliphatic rings. The van der Waals surface area contributed by atoms with Crippen molar-refractivity contribution < 1.29 is 18.7 Å². The van der Waals surface area contributed by atoms with Crippen LogP contribution in [0.5, 0.6) is 11.5 Å². The minimum absolute atomic E-state index is 0.149. The SMILES string of the molecule is CC[C@@H](NC(=O)NC(C)(C)C)[C@@H]1c2cc(OC)c(OC)cc2CCN1Cc1ccccc1F. The lowest BCUT2D eigenvalue weighted by atomic mass is 9.86. The molecular formula is C26H36FN3O3. The summed E-state index contributed by atoms with van der Waals surface area (Å²) in [5, 5.41) is 6.16. The Bertz CT molecular complexity index is 974. The lowest BCUT2D eigenvalue weighted by Crippen LogP contribution is -2.54. The molecule has 0 aliphatic carbocycles. The molecule has 0 aromatic heterocycles. The van der Waals surface area contributed by atoms with Gasteiger partial charge in [0.05, 0.1) is 26.3 Å². The third kappa shape index (κ3) is 5.96. The summed E-state index contributed by atoms with van der Waals surface area (Å²) >= 11 is 0. The number of hydrogen-bond acceptors (Lipinski definition) is 4. The van der Waals surface area contributed by atoms with E-state index in [0.29, 0.717) is 30.0 Å². The monoisotopic (exact) mass is 457 g/mol. The number of halogens is 1. The maximum absolute atomic E-state index is 14.5. The molecule has 33 heavy (non-hydrogen) atoms. The van der Waals surface area contributed by atoms with Gasteiger partial charge in [0.1, 0.15) is 5.82 Å². The Balaban J connectivity index is 2.01. The van der Waals surface area contributed by atoms with E-state index < -0.39 is 0 Å². The van der Waals surface area contributed by atoms with E-state index in [1.165, 1.54) is 6.07 Å². The molecule has 0 bridgehead atoms. The van der Waals surface area contributed by atoms with Crippen LogP contribution in [0.15, 0.2) is 36.4 Å². The van der Waals surface area contributed by atoms with Crippen molar-refractivity contribution >= 4 is 6.03 Å². The molecule has 2 N–H and O–H groups in total. The van der Waals surface area contributed by atoms with E-state index >= 15 is 0 Å². The molecule has 0 fully saturated rings. The molecule has 6 nitrogen and oxygen atoms in total. The number of ether oxygens (including phenoxy) is 2. The first kappa shape index (κ1) is 24.8. The molecule has 3 rings (SSSR count). The number of benzene rings is 2. The second-order valence-corrected chi connectivity index (χ2v) is 9.53. The number of nitrogens with zero attached hydrogens (tertiary/aromatic N) is 1. The summed E-state index contributed by atoms with van der Waals surface area (Å²) in [4.78, 5) is 15.0. The van der Waals surface area contributed by atoms with Crippen LogP contribution in [0.2, 0.25) is 0 Å². The first-order chi connectivity index (χ1) is 15.7. The summed E-state index contributed by atoms with van der Waals surface area (Å²) in [5.41, 5.74) is 2.51. The third-order valence-corrected chi connectivity index (χ3v) is 5.98. The quantitative estimate of drug-likeness (QED) is 0.626. The molecule has 0 spiro atoms. The number of hydrogen-bond donors (Lipinski definition) is 2. The van der Waals surface area contributed by atoms with Gasteiger partial charge in [0.25, 0.3) is 0 Å². The Morgan fingerprint density at radius 1 is 1.18 bits per heavy atom. The predicted octanol–water partition coefficient (Wildman–Crippen LogP) is 4.82. The predicted molar refractivity (Wildman–Crippen MR) is 128 cm³/mol. The summed E-state index contributed by atoms with van der Waals surface area (Å²) in [7, 11) is 3.24. The number of fused-ring (bicyclic) bond motifs is 1. The second kappa shape index (κ2) is 10.4. The molecule has 0 radical (unpaired) electrons. The first-order valence-electron chi connectivity index (χ1n) is 11.5. The third-order valence-electron chi connectivity index (χ3n) is 5.98. The van der Waals surface area contributed by atoms with E-state index in [1.54, 1.807) is 20.3 Å². The summed E-state index contributed by atoms with van der Waals surface area (Å²) in [6.07, 6.45) is 1.51. The number of amides is 2. The Hall–Kier alpha value is -2.80. The Morgan fingerprint density at radius 2 is 1.85 bits per heavy atom. The van der Waals surface area contributed by atoms with Gasteiger partial charge in [0.2, 0.25) is 0 Å². The molecule has 7 heteroatoms. The van der Waals surface area contributed by atoms with Crippen LogP contribution in [-0.4, -0.2) is 43.3 Å². The van der Waals surface area contributed by atoms with Gasteiger partial charge in [-0.05, 0) is 62.9 Å². The lowest BCUT2D eigenvalue weighted by Gasteiger charge is -2.42. The van der Waals surface area contributed by atoms with Crippen molar-refractivity contribution in [2.45, 2.75) is 64.7 Å². The normalized spacial score (nSPS) is 17.1. The van der Waals surface area contributed by atoms with Crippen molar-refractivity contribution in [2.24, 2.45) is 0 Å². The smallest absolute Gasteiger partial charge is 0.315 e. The molecule has 1 heterocycles. The summed E-state index contributed by atoms with van der Waals surface area (Å²) in [5.74, 6) is 1.10. The van der Waals surface area contributed by atoms with E-state index in [-0.39, 0.29) is 29.5 Å². The van der Waals surface area contributed by atoms with Crippen molar-refractivity contribution in [1.82, 2.24) is 15.5 Å². The van der Waals surface area contributed by atoms with Crippen molar-refractivity contribution in [1.29, 1.82) is 0 Å². The first-order valence-corrected chi connectivity index (χ1v) is 11.5. The van der Waals surface area contributed by atoms with Crippen LogP contribution in [0.1, 0.15) is 56.8 Å². The second-order valence-electron chi connectivity index (χ2n) is 9.53. The molecule has 2 aromatic rings. The van der Waals surface area contributed by atoms with Gasteiger partial charge in [0.15, 0.2) is 11.5 Å². The molecule has 1 aliphatic heterocycles. The summed E-state index contributed by atoms with van der Waals surface area (Å²) in [6.45, 7) is 9.09. The molecule has 0 saturated heterocycles. The molecule has 2 atom stereocenters. The van der Waals surface area contributed by atoms with Crippen LogP contribution >= 0.6 is 0 Å². The summed E-state index contributed by atoms with van der Waals surface area (Å²) < 4.78 is 25.6. The van der Waals surface area contributed by atoms with E-state index in [2.05, 4.69) is 22.5 Å². The molecule has 2 aromatic carbocycles. The van der Waals surface area contributed by atoms with Crippen molar-refractivity contribution in [3.05, 3.63) is 58.9 Å². The highest BCUT2D eigenvalue weighted by molar-refractivity contribution is 5.75. The van der Waals surface area contributed by atoms with Gasteiger partial charge in [-0.1, -0.05) is 25.1 Å². The van der Waals surface area contributed by atoms with Gasteiger partial charge in [-0.2, -0.15) is 0 Å². The topological polar surface area (TPSA) is 62.8 Å². The standard InChI is InChI=1S/C26H36FN3O3/c1-7-21(28-25(31)29-26(2,3)4)24-19-15-23(33-6)22(32-5)14-17(19)12-13-30(24)16-18-10-8-9-11-20(18)27/h8-11,14-15,21,24H,7,12-13,16H2,1-6H3,(H2,28,29,31)/t21-,24+/m1/s1. The average molecular weight is 458 g/mol. The van der Waals surface area contributed by atoms with E-state index in [0.717, 1.165) is 24.1 Å². The van der Waals surface area contributed by atoms with Crippen molar-refractivity contribution in [2.75, 3.05) is 20.8 Å². The van der Waals surface area contributed by atoms with Crippen molar-refractivity contribution in [3.8, 4) is 11.5 Å². The maximum atomic E-state index is 14.5. The van der Waals surface area contributed by atoms with Gasteiger partial charge < -0.3 is 20.1 Å². The number of methoxy groups -OCH3 is 2. The van der Waals surface area contributed by atoms with E-state index in [4.69, 9.17) is 9.47 Å². The zero-order valence-electron chi connectivity index (χ0n) is 20.5. The lowest BCUT2D eigenvalue weighted by molar-refractivity contribution is 0.133. The number of rotatable bonds is 7. The highest BCUT2D eigenvalue weighted by atomic mass is 19.1. The minimum atomic E-state index is -0.351. The van der Waals surface area contributed by atoms with Gasteiger partial charge in [0, 0.05) is 24.2 Å². The summed E-state index contributed by atoms with van der Waals surface area (Å²) in [6, 6.07) is 10.3. The highest BCUT2D eigenvalue weighted by Crippen LogP contribution is 2.40.